The van der Waals surface area contributed by atoms with Crippen molar-refractivity contribution in [3.8, 4) is 34.1 Å². The van der Waals surface area contributed by atoms with E-state index in [0.29, 0.717) is 23.3 Å². The summed E-state index contributed by atoms with van der Waals surface area (Å²) >= 11 is 0. The lowest BCUT2D eigenvalue weighted by molar-refractivity contribution is -0.139. The molecule has 0 aliphatic rings. The molecule has 4 aromatic rings. The maximum Gasteiger partial charge on any atom is 0.420 e. The third-order valence-corrected chi connectivity index (χ3v) is 5.11. The minimum atomic E-state index is -4.81. The molecular formula is C26H18F6N2O2. The van der Waals surface area contributed by atoms with Gasteiger partial charge in [0.1, 0.15) is 22.6 Å². The van der Waals surface area contributed by atoms with Crippen LogP contribution in [0.15, 0.2) is 84.9 Å². The molecule has 0 unspecified atom stereocenters. The Balaban J connectivity index is 1.90. The van der Waals surface area contributed by atoms with Gasteiger partial charge in [-0.3, -0.25) is 0 Å². The van der Waals surface area contributed by atoms with Crippen molar-refractivity contribution in [3.05, 3.63) is 96.1 Å². The van der Waals surface area contributed by atoms with E-state index >= 15 is 0 Å². The average molecular weight is 504 g/mol. The van der Waals surface area contributed by atoms with Crippen molar-refractivity contribution in [3.63, 3.8) is 0 Å². The number of hydrogen-bond donors (Lipinski definition) is 2. The van der Waals surface area contributed by atoms with Gasteiger partial charge < -0.3 is 20.9 Å². The maximum atomic E-state index is 13.7. The van der Waals surface area contributed by atoms with Gasteiger partial charge in [0.2, 0.25) is 0 Å². The second-order valence-electron chi connectivity index (χ2n) is 7.71. The van der Waals surface area contributed by atoms with Crippen molar-refractivity contribution in [2.24, 2.45) is 0 Å². The summed E-state index contributed by atoms with van der Waals surface area (Å²) in [6.07, 6.45) is -9.61. The van der Waals surface area contributed by atoms with Crippen LogP contribution in [0.25, 0.3) is 11.1 Å². The lowest BCUT2D eigenvalue weighted by atomic mass is 10.0. The molecule has 4 aromatic carbocycles. The molecule has 0 radical (unpaired) electrons. The average Bonchev–Trinajstić information content (AvgIpc) is 2.81. The van der Waals surface area contributed by atoms with Gasteiger partial charge in [0.15, 0.2) is 11.5 Å². The summed E-state index contributed by atoms with van der Waals surface area (Å²) in [6.45, 7) is 0. The Hall–Kier alpha value is -4.34. The number of rotatable bonds is 5. The lowest BCUT2D eigenvalue weighted by Crippen LogP contribution is -2.09. The molecule has 0 aliphatic carbocycles. The molecule has 4 N–H and O–H groups in total. The van der Waals surface area contributed by atoms with Gasteiger partial charge in [-0.2, -0.15) is 26.3 Å². The molecule has 0 heterocycles. The summed E-state index contributed by atoms with van der Waals surface area (Å²) in [4.78, 5) is 0. The summed E-state index contributed by atoms with van der Waals surface area (Å²) in [7, 11) is 0. The van der Waals surface area contributed by atoms with E-state index in [4.69, 9.17) is 20.9 Å². The molecule has 4 nitrogen and oxygen atoms in total. The first kappa shape index (κ1) is 24.8. The van der Waals surface area contributed by atoms with Crippen LogP contribution in [-0.2, 0) is 12.4 Å². The highest BCUT2D eigenvalue weighted by Crippen LogP contribution is 2.47. The highest BCUT2D eigenvalue weighted by atomic mass is 19.4. The molecule has 0 atom stereocenters. The molecule has 0 spiro atoms. The van der Waals surface area contributed by atoms with Crippen LogP contribution in [0.1, 0.15) is 11.1 Å². The number of anilines is 2. The number of hydrogen-bond acceptors (Lipinski definition) is 4. The number of nitrogen functional groups attached to an aromatic ring is 2. The molecule has 0 aromatic heterocycles. The van der Waals surface area contributed by atoms with Crippen LogP contribution in [0.4, 0.5) is 37.7 Å². The number of ether oxygens (including phenoxy) is 2. The standard InChI is InChI=1S/C26H18F6N2O2/c27-25(28,29)19-13-16(33)9-11-21(19)35-23-8-4-7-18(15-5-2-1-3-6-15)24(23)36-22-12-10-17(34)14-20(22)26(30,31)32/h1-14H,33-34H2. The number of para-hydroxylation sites is 1. The monoisotopic (exact) mass is 504 g/mol. The van der Waals surface area contributed by atoms with Crippen LogP contribution >= 0.6 is 0 Å². The van der Waals surface area contributed by atoms with Gasteiger partial charge in [-0.25, -0.2) is 0 Å². The number of alkyl halides is 6. The van der Waals surface area contributed by atoms with Gasteiger partial charge in [-0.1, -0.05) is 42.5 Å². The molecule has 0 bridgehead atoms. The number of benzene rings is 4. The maximum absolute atomic E-state index is 13.7. The second-order valence-corrected chi connectivity index (χ2v) is 7.71. The van der Waals surface area contributed by atoms with Gasteiger partial charge in [0.25, 0.3) is 0 Å². The quantitative estimate of drug-likeness (QED) is 0.213. The van der Waals surface area contributed by atoms with Gasteiger partial charge in [0, 0.05) is 16.9 Å². The molecule has 0 saturated heterocycles. The first-order chi connectivity index (χ1) is 16.9. The van der Waals surface area contributed by atoms with E-state index in [-0.39, 0.29) is 22.9 Å². The molecule has 36 heavy (non-hydrogen) atoms. The Morgan fingerprint density at radius 2 is 1.06 bits per heavy atom. The van der Waals surface area contributed by atoms with Crippen LogP contribution in [0.5, 0.6) is 23.0 Å². The third kappa shape index (κ3) is 5.32. The predicted octanol–water partition coefficient (Wildman–Crippen LogP) is 8.14. The summed E-state index contributed by atoms with van der Waals surface area (Å²) in [5.74, 6) is -1.65. The first-order valence-corrected chi connectivity index (χ1v) is 10.4. The Morgan fingerprint density at radius 3 is 1.58 bits per heavy atom. The lowest BCUT2D eigenvalue weighted by Gasteiger charge is -2.20. The van der Waals surface area contributed by atoms with Crippen LogP contribution in [0.2, 0.25) is 0 Å². The minimum absolute atomic E-state index is 0.138. The fraction of sp³-hybridized carbons (Fsp3) is 0.0769. The minimum Gasteiger partial charge on any atom is -0.453 e. The topological polar surface area (TPSA) is 70.5 Å². The zero-order valence-electron chi connectivity index (χ0n) is 18.3. The summed E-state index contributed by atoms with van der Waals surface area (Å²) < 4.78 is 93.4. The smallest absolute Gasteiger partial charge is 0.420 e. The largest absolute Gasteiger partial charge is 0.453 e. The number of halogens is 6. The van der Waals surface area contributed by atoms with E-state index in [1.807, 2.05) is 0 Å². The van der Waals surface area contributed by atoms with E-state index in [9.17, 15) is 26.3 Å². The van der Waals surface area contributed by atoms with Crippen LogP contribution in [-0.4, -0.2) is 0 Å². The molecule has 0 amide bonds. The zero-order valence-corrected chi connectivity index (χ0v) is 18.3. The summed E-state index contributed by atoms with van der Waals surface area (Å²) in [5.41, 5.74) is 9.31. The van der Waals surface area contributed by atoms with E-state index in [0.717, 1.165) is 12.1 Å². The van der Waals surface area contributed by atoms with E-state index in [2.05, 4.69) is 0 Å². The Labute approximate surface area is 201 Å². The number of nitrogens with two attached hydrogens (primary N) is 2. The van der Waals surface area contributed by atoms with E-state index in [1.165, 1.54) is 24.3 Å². The van der Waals surface area contributed by atoms with Gasteiger partial charge in [-0.15, -0.1) is 0 Å². The molecule has 0 aliphatic heterocycles. The van der Waals surface area contributed by atoms with Crippen LogP contribution in [0.3, 0.4) is 0 Å². The second kappa shape index (κ2) is 9.37. The van der Waals surface area contributed by atoms with Crippen molar-refractivity contribution in [1.82, 2.24) is 0 Å². The zero-order chi connectivity index (χ0) is 26.1. The fourth-order valence-electron chi connectivity index (χ4n) is 3.49. The normalized spacial score (nSPS) is 11.8. The van der Waals surface area contributed by atoms with Crippen molar-refractivity contribution in [2.45, 2.75) is 12.4 Å². The Bertz CT molecular complexity index is 1390. The van der Waals surface area contributed by atoms with Crippen molar-refractivity contribution < 1.29 is 35.8 Å². The molecular weight excluding hydrogens is 486 g/mol. The third-order valence-electron chi connectivity index (χ3n) is 5.11. The molecule has 186 valence electrons. The molecule has 0 saturated carbocycles. The van der Waals surface area contributed by atoms with Crippen molar-refractivity contribution in [1.29, 1.82) is 0 Å². The molecule has 0 fully saturated rings. The highest BCUT2D eigenvalue weighted by molar-refractivity contribution is 5.75. The molecule has 4 rings (SSSR count). The van der Waals surface area contributed by atoms with E-state index in [1.54, 1.807) is 36.4 Å². The Morgan fingerprint density at radius 1 is 0.528 bits per heavy atom. The van der Waals surface area contributed by atoms with E-state index < -0.39 is 35.0 Å². The summed E-state index contributed by atoms with van der Waals surface area (Å²) in [5, 5.41) is 0. The van der Waals surface area contributed by atoms with Gasteiger partial charge >= 0.3 is 12.4 Å². The van der Waals surface area contributed by atoms with Crippen LogP contribution < -0.4 is 20.9 Å². The Kier molecular flexibility index (Phi) is 6.45. The predicted molar refractivity (Wildman–Crippen MR) is 124 cm³/mol. The van der Waals surface area contributed by atoms with Gasteiger partial charge in [-0.05, 0) is 48.0 Å². The summed E-state index contributed by atoms with van der Waals surface area (Å²) in [6, 6.07) is 18.7. The van der Waals surface area contributed by atoms with Gasteiger partial charge in [0.05, 0.1) is 0 Å². The van der Waals surface area contributed by atoms with Crippen molar-refractivity contribution in [2.75, 3.05) is 11.5 Å². The van der Waals surface area contributed by atoms with Crippen molar-refractivity contribution >= 4 is 11.4 Å². The van der Waals surface area contributed by atoms with Crippen LogP contribution in [0, 0.1) is 0 Å². The first-order valence-electron chi connectivity index (χ1n) is 10.4. The highest BCUT2D eigenvalue weighted by Gasteiger charge is 2.36. The fourth-order valence-corrected chi connectivity index (χ4v) is 3.49. The molecule has 10 heteroatoms. The SMILES string of the molecule is Nc1ccc(Oc2cccc(-c3ccccc3)c2Oc2ccc(N)cc2C(F)(F)F)c(C(F)(F)F)c1.